The Morgan fingerprint density at radius 1 is 1.30 bits per heavy atom. The standard InChI is InChI=1S/C23H27F3N2O5/c1-11-17(13-6-7-14(24)18(21(25)26)19(13)32-4)20(33-23(11,2)3)22(31)28-12-5-8-15(27-9-12)16(30)10-29/h5-9,11,16-17,20-21,29-30H,10H2,1-4H3,(H,28,31)/t11-,16+,17-,20+/m0/s1. The molecule has 0 bridgehead atoms. The summed E-state index contributed by atoms with van der Waals surface area (Å²) in [7, 11) is 1.18. The molecule has 0 aliphatic carbocycles. The number of ether oxygens (including phenoxy) is 2. The summed E-state index contributed by atoms with van der Waals surface area (Å²) in [6.45, 7) is 4.90. The lowest BCUT2D eigenvalue weighted by atomic mass is 9.77. The Kier molecular flexibility index (Phi) is 7.30. The normalized spacial score (nSPS) is 22.9. The fourth-order valence-electron chi connectivity index (χ4n) is 4.12. The molecule has 0 saturated carbocycles. The van der Waals surface area contributed by atoms with Gasteiger partial charge in [0.25, 0.3) is 12.3 Å². The van der Waals surface area contributed by atoms with E-state index in [9.17, 15) is 23.1 Å². The first kappa shape index (κ1) is 24.9. The number of aliphatic hydroxyl groups is 2. The highest BCUT2D eigenvalue weighted by atomic mass is 19.3. The minimum atomic E-state index is -3.10. The molecule has 33 heavy (non-hydrogen) atoms. The summed E-state index contributed by atoms with van der Waals surface area (Å²) in [5, 5.41) is 21.3. The zero-order chi connectivity index (χ0) is 24.5. The van der Waals surface area contributed by atoms with Crippen LogP contribution in [0, 0.1) is 11.7 Å². The Morgan fingerprint density at radius 3 is 2.55 bits per heavy atom. The maximum atomic E-state index is 14.2. The predicted molar refractivity (Wildman–Crippen MR) is 114 cm³/mol. The monoisotopic (exact) mass is 468 g/mol. The quantitative estimate of drug-likeness (QED) is 0.573. The molecule has 2 heterocycles. The van der Waals surface area contributed by atoms with E-state index < -0.39 is 54.0 Å². The van der Waals surface area contributed by atoms with Crippen LogP contribution >= 0.6 is 0 Å². The van der Waals surface area contributed by atoms with Crippen molar-refractivity contribution in [1.82, 2.24) is 4.98 Å². The average molecular weight is 468 g/mol. The highest BCUT2D eigenvalue weighted by molar-refractivity contribution is 5.95. The molecule has 0 unspecified atom stereocenters. The second kappa shape index (κ2) is 9.66. The van der Waals surface area contributed by atoms with Gasteiger partial charge in [0.2, 0.25) is 0 Å². The van der Waals surface area contributed by atoms with Gasteiger partial charge in [0.15, 0.2) is 0 Å². The highest BCUT2D eigenvalue weighted by Gasteiger charge is 2.51. The molecule has 1 aromatic heterocycles. The minimum absolute atomic E-state index is 0.232. The molecule has 1 aliphatic rings. The number of nitrogens with zero attached hydrogens (tertiary/aromatic N) is 1. The van der Waals surface area contributed by atoms with Gasteiger partial charge in [0.05, 0.1) is 42.5 Å². The second-order valence-electron chi connectivity index (χ2n) is 8.50. The van der Waals surface area contributed by atoms with Gasteiger partial charge in [0, 0.05) is 11.5 Å². The first-order valence-corrected chi connectivity index (χ1v) is 10.4. The number of halogens is 3. The van der Waals surface area contributed by atoms with Crippen molar-refractivity contribution in [3.05, 3.63) is 53.1 Å². The Morgan fingerprint density at radius 2 is 2.00 bits per heavy atom. The third kappa shape index (κ3) is 4.83. The SMILES string of the molecule is COc1c([C@H]2[C@H](C(=O)Nc3ccc([C@H](O)CO)nc3)OC(C)(C)[C@H]2C)ccc(F)c1C(F)F. The van der Waals surface area contributed by atoms with Gasteiger partial charge in [0.1, 0.15) is 23.8 Å². The number of methoxy groups -OCH3 is 1. The van der Waals surface area contributed by atoms with E-state index >= 15 is 0 Å². The molecule has 2 aromatic rings. The number of benzene rings is 1. The lowest BCUT2D eigenvalue weighted by molar-refractivity contribution is -0.131. The third-order valence-electron chi connectivity index (χ3n) is 6.17. The number of anilines is 1. The van der Waals surface area contributed by atoms with Gasteiger partial charge in [-0.15, -0.1) is 0 Å². The largest absolute Gasteiger partial charge is 0.496 e. The lowest BCUT2D eigenvalue weighted by Crippen LogP contribution is -2.33. The predicted octanol–water partition coefficient (Wildman–Crippen LogP) is 3.73. The molecule has 3 N–H and O–H groups in total. The number of pyridine rings is 1. The van der Waals surface area contributed by atoms with Crippen molar-refractivity contribution >= 4 is 11.6 Å². The summed E-state index contributed by atoms with van der Waals surface area (Å²) < 4.78 is 52.5. The number of hydrogen-bond donors (Lipinski definition) is 3. The summed E-state index contributed by atoms with van der Waals surface area (Å²) in [5.74, 6) is -2.94. The van der Waals surface area contributed by atoms with Crippen molar-refractivity contribution in [2.24, 2.45) is 5.92 Å². The lowest BCUT2D eigenvalue weighted by Gasteiger charge is -2.26. The zero-order valence-electron chi connectivity index (χ0n) is 18.7. The van der Waals surface area contributed by atoms with Crippen LogP contribution in [0.4, 0.5) is 18.9 Å². The molecule has 0 spiro atoms. The van der Waals surface area contributed by atoms with Crippen LogP contribution in [0.1, 0.15) is 56.0 Å². The molecular formula is C23H27F3N2O5. The number of hydrogen-bond acceptors (Lipinski definition) is 6. The Bertz CT molecular complexity index is 1000. The minimum Gasteiger partial charge on any atom is -0.496 e. The molecule has 1 aromatic carbocycles. The van der Waals surface area contributed by atoms with Gasteiger partial charge < -0.3 is 25.0 Å². The Labute approximate surface area is 189 Å². The Hall–Kier alpha value is -2.69. The molecule has 3 rings (SSSR count). The van der Waals surface area contributed by atoms with Crippen LogP contribution in [0.3, 0.4) is 0 Å². The summed E-state index contributed by atoms with van der Waals surface area (Å²) in [5.41, 5.74) is -0.839. The summed E-state index contributed by atoms with van der Waals surface area (Å²) in [6, 6.07) is 5.25. The van der Waals surface area contributed by atoms with E-state index in [4.69, 9.17) is 14.6 Å². The van der Waals surface area contributed by atoms with Crippen molar-refractivity contribution in [3.63, 3.8) is 0 Å². The summed E-state index contributed by atoms with van der Waals surface area (Å²) >= 11 is 0. The van der Waals surface area contributed by atoms with E-state index in [1.165, 1.54) is 31.5 Å². The molecule has 4 atom stereocenters. The van der Waals surface area contributed by atoms with Crippen LogP contribution in [0.5, 0.6) is 5.75 Å². The number of aliphatic hydroxyl groups excluding tert-OH is 2. The zero-order valence-corrected chi connectivity index (χ0v) is 18.7. The molecule has 1 saturated heterocycles. The van der Waals surface area contributed by atoms with Gasteiger partial charge in [-0.2, -0.15) is 0 Å². The maximum absolute atomic E-state index is 14.2. The van der Waals surface area contributed by atoms with Gasteiger partial charge in [-0.25, -0.2) is 13.2 Å². The average Bonchev–Trinajstić information content (AvgIpc) is 3.02. The van der Waals surface area contributed by atoms with Gasteiger partial charge in [-0.3, -0.25) is 9.78 Å². The van der Waals surface area contributed by atoms with Crippen LogP contribution in [0.15, 0.2) is 30.5 Å². The Balaban J connectivity index is 1.96. The topological polar surface area (TPSA) is 101 Å². The first-order chi connectivity index (χ1) is 15.5. The third-order valence-corrected chi connectivity index (χ3v) is 6.17. The number of amides is 1. The number of aromatic nitrogens is 1. The number of nitrogens with one attached hydrogen (secondary N) is 1. The van der Waals surface area contributed by atoms with Gasteiger partial charge in [-0.1, -0.05) is 13.0 Å². The van der Waals surface area contributed by atoms with Crippen LogP contribution in [0.2, 0.25) is 0 Å². The maximum Gasteiger partial charge on any atom is 0.270 e. The van der Waals surface area contributed by atoms with E-state index in [2.05, 4.69) is 10.3 Å². The van der Waals surface area contributed by atoms with Crippen LogP contribution in [0.25, 0.3) is 0 Å². The van der Waals surface area contributed by atoms with Crippen molar-refractivity contribution in [1.29, 1.82) is 0 Å². The molecule has 1 fully saturated rings. The number of rotatable bonds is 7. The van der Waals surface area contributed by atoms with Gasteiger partial charge in [-0.05, 0) is 38.0 Å². The highest BCUT2D eigenvalue weighted by Crippen LogP contribution is 2.50. The molecule has 0 radical (unpaired) electrons. The molecule has 7 nitrogen and oxygen atoms in total. The van der Waals surface area contributed by atoms with Crippen molar-refractivity contribution in [3.8, 4) is 5.75 Å². The summed E-state index contributed by atoms with van der Waals surface area (Å²) in [6.07, 6.45) is -4.01. The molecule has 1 amide bonds. The molecular weight excluding hydrogens is 441 g/mol. The van der Waals surface area contributed by atoms with E-state index in [1.54, 1.807) is 13.8 Å². The fraction of sp³-hybridized carbons (Fsp3) is 0.478. The number of carbonyl (C=O) groups excluding carboxylic acids is 1. The van der Waals surface area contributed by atoms with Gasteiger partial charge >= 0.3 is 0 Å². The van der Waals surface area contributed by atoms with Crippen molar-refractivity contribution < 1.29 is 37.7 Å². The molecule has 1 aliphatic heterocycles. The van der Waals surface area contributed by atoms with E-state index in [-0.39, 0.29) is 22.9 Å². The smallest absolute Gasteiger partial charge is 0.270 e. The van der Waals surface area contributed by atoms with E-state index in [1.807, 2.05) is 6.92 Å². The fourth-order valence-corrected chi connectivity index (χ4v) is 4.12. The van der Waals surface area contributed by atoms with Crippen LogP contribution in [-0.2, 0) is 9.53 Å². The number of carbonyl (C=O) groups is 1. The van der Waals surface area contributed by atoms with Crippen molar-refractivity contribution in [2.45, 2.75) is 50.9 Å². The van der Waals surface area contributed by atoms with Crippen LogP contribution < -0.4 is 10.1 Å². The summed E-state index contributed by atoms with van der Waals surface area (Å²) in [4.78, 5) is 17.2. The molecule has 180 valence electrons. The van der Waals surface area contributed by atoms with E-state index in [0.29, 0.717) is 5.69 Å². The number of alkyl halides is 2. The second-order valence-corrected chi connectivity index (χ2v) is 8.50. The van der Waals surface area contributed by atoms with Crippen LogP contribution in [-0.4, -0.2) is 46.5 Å². The first-order valence-electron chi connectivity index (χ1n) is 10.4. The van der Waals surface area contributed by atoms with E-state index in [0.717, 1.165) is 6.07 Å². The van der Waals surface area contributed by atoms with Crippen molar-refractivity contribution in [2.75, 3.05) is 19.0 Å². The molecule has 10 heteroatoms.